The molecule has 0 aliphatic carbocycles. The van der Waals surface area contributed by atoms with Crippen molar-refractivity contribution in [2.75, 3.05) is 39.8 Å². The molecule has 0 aromatic rings. The largest absolute Gasteiger partial charge is 0.478 e. The number of rotatable bonds is 5. The molecule has 94 valence electrons. The molecule has 1 rings (SSSR count). The molecule has 0 aromatic carbocycles. The van der Waals surface area contributed by atoms with Crippen molar-refractivity contribution < 1.29 is 9.90 Å². The van der Waals surface area contributed by atoms with Gasteiger partial charge in [-0.1, -0.05) is 19.2 Å². The van der Waals surface area contributed by atoms with Crippen LogP contribution in [-0.4, -0.2) is 60.6 Å². The molecule has 1 aliphatic rings. The lowest BCUT2D eigenvalue weighted by Gasteiger charge is -2.32. The number of piperazine rings is 1. The molecule has 0 spiro atoms. The van der Waals surface area contributed by atoms with Crippen LogP contribution in [0, 0.1) is 0 Å². The van der Waals surface area contributed by atoms with Crippen molar-refractivity contribution in [2.45, 2.75) is 0 Å². The fraction of sp³-hybridized carbons (Fsp3) is 0.462. The van der Waals surface area contributed by atoms with Crippen molar-refractivity contribution in [3.63, 3.8) is 0 Å². The summed E-state index contributed by atoms with van der Waals surface area (Å²) in [7, 11) is 2.11. The number of carbonyl (C=O) groups is 1. The van der Waals surface area contributed by atoms with E-state index < -0.39 is 5.97 Å². The van der Waals surface area contributed by atoms with Crippen molar-refractivity contribution in [1.82, 2.24) is 9.80 Å². The van der Waals surface area contributed by atoms with E-state index in [1.165, 1.54) is 6.08 Å². The second-order valence-electron chi connectivity index (χ2n) is 4.40. The molecule has 0 unspecified atom stereocenters. The zero-order valence-electron chi connectivity index (χ0n) is 10.4. The molecule has 1 saturated heterocycles. The van der Waals surface area contributed by atoms with Crippen LogP contribution in [0.3, 0.4) is 0 Å². The van der Waals surface area contributed by atoms with Crippen molar-refractivity contribution in [3.05, 3.63) is 36.5 Å². The van der Waals surface area contributed by atoms with Crippen LogP contribution in [-0.2, 0) is 4.79 Å². The lowest BCUT2D eigenvalue weighted by atomic mass is 10.2. The minimum atomic E-state index is -0.992. The highest BCUT2D eigenvalue weighted by atomic mass is 16.4. The first-order chi connectivity index (χ1) is 7.99. The highest BCUT2D eigenvalue weighted by Crippen LogP contribution is 2.05. The predicted octanol–water partition coefficient (Wildman–Crippen LogP) is 0.987. The van der Waals surface area contributed by atoms with Crippen LogP contribution in [0.15, 0.2) is 36.5 Å². The van der Waals surface area contributed by atoms with Crippen molar-refractivity contribution in [3.8, 4) is 0 Å². The van der Waals surface area contributed by atoms with Gasteiger partial charge in [-0.25, -0.2) is 4.79 Å². The Morgan fingerprint density at radius 2 is 1.82 bits per heavy atom. The van der Waals surface area contributed by atoms with E-state index in [0.717, 1.165) is 38.3 Å². The highest BCUT2D eigenvalue weighted by Gasteiger charge is 2.13. The third-order valence-corrected chi connectivity index (χ3v) is 2.82. The van der Waals surface area contributed by atoms with Gasteiger partial charge in [0, 0.05) is 32.7 Å². The number of hydrogen-bond donors (Lipinski definition) is 1. The van der Waals surface area contributed by atoms with Gasteiger partial charge in [0.25, 0.3) is 0 Å². The molecular formula is C13H20N2O2. The smallest absolute Gasteiger partial charge is 0.335 e. The summed E-state index contributed by atoms with van der Waals surface area (Å²) in [5.41, 5.74) is 1.00. The summed E-state index contributed by atoms with van der Waals surface area (Å²) in [6.07, 6.45) is 3.23. The maximum Gasteiger partial charge on any atom is 0.335 e. The third kappa shape index (κ3) is 4.97. The average molecular weight is 236 g/mol. The number of nitrogens with zero attached hydrogens (tertiary/aromatic N) is 2. The topological polar surface area (TPSA) is 43.8 Å². The van der Waals surface area contributed by atoms with Crippen LogP contribution in [0.4, 0.5) is 0 Å². The molecule has 0 bridgehead atoms. The first-order valence-electron chi connectivity index (χ1n) is 5.68. The van der Waals surface area contributed by atoms with Gasteiger partial charge < -0.3 is 10.0 Å². The number of carboxylic acid groups (broad SMARTS) is 1. The molecule has 17 heavy (non-hydrogen) atoms. The van der Waals surface area contributed by atoms with E-state index in [1.54, 1.807) is 6.08 Å². The molecule has 0 amide bonds. The minimum absolute atomic E-state index is 0.0875. The van der Waals surface area contributed by atoms with E-state index in [9.17, 15) is 4.79 Å². The molecule has 0 aromatic heterocycles. The Bertz CT molecular complexity index is 339. The Kier molecular flexibility index (Phi) is 5.12. The van der Waals surface area contributed by atoms with E-state index in [1.807, 2.05) is 0 Å². The molecule has 4 heteroatoms. The standard InChI is InChI=1S/C13H20N2O2/c1-11(4-5-12(2)13(16)17)10-15-8-6-14(3)7-9-15/h4-5H,1-2,6-10H2,3H3,(H,16,17)/b5-4-. The molecule has 1 fully saturated rings. The summed E-state index contributed by atoms with van der Waals surface area (Å²) >= 11 is 0. The van der Waals surface area contributed by atoms with Gasteiger partial charge in [-0.15, -0.1) is 0 Å². The van der Waals surface area contributed by atoms with E-state index in [4.69, 9.17) is 5.11 Å². The first kappa shape index (κ1) is 13.7. The van der Waals surface area contributed by atoms with Crippen molar-refractivity contribution in [2.24, 2.45) is 0 Å². The van der Waals surface area contributed by atoms with E-state index >= 15 is 0 Å². The summed E-state index contributed by atoms with van der Waals surface area (Å²) in [4.78, 5) is 15.2. The van der Waals surface area contributed by atoms with Crippen LogP contribution in [0.5, 0.6) is 0 Å². The van der Waals surface area contributed by atoms with E-state index in [-0.39, 0.29) is 5.57 Å². The molecule has 0 saturated carbocycles. The maximum absolute atomic E-state index is 10.5. The zero-order valence-corrected chi connectivity index (χ0v) is 10.4. The first-order valence-corrected chi connectivity index (χ1v) is 5.68. The van der Waals surface area contributed by atoms with Gasteiger partial charge >= 0.3 is 5.97 Å². The minimum Gasteiger partial charge on any atom is -0.478 e. The number of aliphatic carboxylic acids is 1. The SMILES string of the molecule is C=C(/C=C\C(=C)C(=O)O)CN1CCN(C)CC1. The van der Waals surface area contributed by atoms with Gasteiger partial charge in [-0.3, -0.25) is 4.90 Å². The zero-order chi connectivity index (χ0) is 12.8. The number of hydrogen-bond acceptors (Lipinski definition) is 3. The molecule has 0 radical (unpaired) electrons. The Morgan fingerprint density at radius 1 is 1.24 bits per heavy atom. The Balaban J connectivity index is 2.34. The number of carboxylic acids is 1. The second kappa shape index (κ2) is 6.37. The number of likely N-dealkylation sites (N-methyl/N-ethyl adjacent to an activating group) is 1. The lowest BCUT2D eigenvalue weighted by molar-refractivity contribution is -0.132. The molecule has 0 atom stereocenters. The van der Waals surface area contributed by atoms with Gasteiger partial charge in [0.1, 0.15) is 0 Å². The van der Waals surface area contributed by atoms with Crippen LogP contribution < -0.4 is 0 Å². The van der Waals surface area contributed by atoms with Crippen molar-refractivity contribution in [1.29, 1.82) is 0 Å². The molecule has 1 heterocycles. The Labute approximate surface area is 103 Å². The van der Waals surface area contributed by atoms with Crippen LogP contribution in [0.2, 0.25) is 0 Å². The molecule has 4 nitrogen and oxygen atoms in total. The molecule has 1 aliphatic heterocycles. The van der Waals surface area contributed by atoms with E-state index in [0.29, 0.717) is 0 Å². The van der Waals surface area contributed by atoms with E-state index in [2.05, 4.69) is 30.0 Å². The summed E-state index contributed by atoms with van der Waals surface area (Å²) in [6, 6.07) is 0. The predicted molar refractivity (Wildman–Crippen MR) is 69.0 cm³/mol. The fourth-order valence-electron chi connectivity index (χ4n) is 1.64. The average Bonchev–Trinajstić information content (AvgIpc) is 2.29. The monoisotopic (exact) mass is 236 g/mol. The molecular weight excluding hydrogens is 216 g/mol. The summed E-state index contributed by atoms with van der Waals surface area (Å²) in [6.45, 7) is 12.3. The summed E-state index contributed by atoms with van der Waals surface area (Å²) in [5, 5.41) is 8.65. The van der Waals surface area contributed by atoms with Gasteiger partial charge in [-0.05, 0) is 18.7 Å². The van der Waals surface area contributed by atoms with Gasteiger partial charge in [0.2, 0.25) is 0 Å². The summed E-state index contributed by atoms with van der Waals surface area (Å²) in [5.74, 6) is -0.992. The normalized spacial score (nSPS) is 18.4. The van der Waals surface area contributed by atoms with Crippen LogP contribution >= 0.6 is 0 Å². The van der Waals surface area contributed by atoms with Crippen LogP contribution in [0.1, 0.15) is 0 Å². The Hall–Kier alpha value is -1.39. The van der Waals surface area contributed by atoms with Gasteiger partial charge in [0.15, 0.2) is 0 Å². The lowest BCUT2D eigenvalue weighted by Crippen LogP contribution is -2.44. The second-order valence-corrected chi connectivity index (χ2v) is 4.40. The molecule has 1 N–H and O–H groups in total. The quantitative estimate of drug-likeness (QED) is 0.571. The summed E-state index contributed by atoms with van der Waals surface area (Å²) < 4.78 is 0. The highest BCUT2D eigenvalue weighted by molar-refractivity contribution is 5.89. The van der Waals surface area contributed by atoms with Gasteiger partial charge in [-0.2, -0.15) is 0 Å². The maximum atomic E-state index is 10.5. The van der Waals surface area contributed by atoms with Crippen LogP contribution in [0.25, 0.3) is 0 Å². The Morgan fingerprint density at radius 3 is 2.35 bits per heavy atom. The van der Waals surface area contributed by atoms with Crippen molar-refractivity contribution >= 4 is 5.97 Å². The fourth-order valence-corrected chi connectivity index (χ4v) is 1.64. The third-order valence-electron chi connectivity index (χ3n) is 2.82. The van der Waals surface area contributed by atoms with Gasteiger partial charge in [0.05, 0.1) is 5.57 Å².